The molecule has 0 aliphatic heterocycles. The third-order valence-electron chi connectivity index (χ3n) is 5.20. The zero-order chi connectivity index (χ0) is 21.0. The van der Waals surface area contributed by atoms with Crippen LogP contribution >= 0.6 is 11.3 Å². The summed E-state index contributed by atoms with van der Waals surface area (Å²) in [5, 5.41) is 16.7. The van der Waals surface area contributed by atoms with E-state index in [1.807, 2.05) is 62.5 Å². The molecule has 3 aromatic rings. The summed E-state index contributed by atoms with van der Waals surface area (Å²) in [4.78, 5) is 18.4. The van der Waals surface area contributed by atoms with E-state index < -0.39 is 23.5 Å². The Hall–Kier alpha value is -2.22. The quantitative estimate of drug-likeness (QED) is 0.467. The molecular formula is C22H29N3O3S. The molecule has 7 heteroatoms. The predicted octanol–water partition coefficient (Wildman–Crippen LogP) is 3.80. The number of aliphatic hydroxyl groups excluding tert-OH is 1. The normalized spacial score (nSPS) is 16.0. The minimum Gasteiger partial charge on any atom is -0.438 e. The largest absolute Gasteiger partial charge is 0.438 e. The van der Waals surface area contributed by atoms with Crippen LogP contribution in [0.3, 0.4) is 0 Å². The zero-order valence-corrected chi connectivity index (χ0v) is 17.9. The molecule has 29 heavy (non-hydrogen) atoms. The number of nitrogens with two attached hydrogens (primary N) is 1. The highest BCUT2D eigenvalue weighted by Crippen LogP contribution is 2.38. The first-order valence-electron chi connectivity index (χ1n) is 10.0. The lowest BCUT2D eigenvalue weighted by atomic mass is 9.73. The molecule has 2 unspecified atom stereocenters. The van der Waals surface area contributed by atoms with E-state index >= 15 is 0 Å². The number of hydrogen-bond acceptors (Lipinski definition) is 6. The van der Waals surface area contributed by atoms with Gasteiger partial charge >= 0.3 is 0 Å². The SMILES string of the molecule is CCC[C@H](C(O)c1nc2ccccc2o1)C(Cc1cccs1)(NC(C)C)C(N)=O. The van der Waals surface area contributed by atoms with Gasteiger partial charge in [-0.1, -0.05) is 31.5 Å². The van der Waals surface area contributed by atoms with Crippen LogP contribution < -0.4 is 11.1 Å². The van der Waals surface area contributed by atoms with Gasteiger partial charge in [-0.2, -0.15) is 0 Å². The van der Waals surface area contributed by atoms with Gasteiger partial charge in [0.1, 0.15) is 17.2 Å². The van der Waals surface area contributed by atoms with E-state index in [4.69, 9.17) is 10.2 Å². The molecular weight excluding hydrogens is 386 g/mol. The Balaban J connectivity index is 2.07. The first-order chi connectivity index (χ1) is 13.9. The second kappa shape index (κ2) is 9.07. The van der Waals surface area contributed by atoms with Gasteiger partial charge < -0.3 is 20.6 Å². The van der Waals surface area contributed by atoms with Gasteiger partial charge in [0.2, 0.25) is 11.8 Å². The number of para-hydroxylation sites is 2. The molecule has 0 fully saturated rings. The monoisotopic (exact) mass is 415 g/mol. The molecule has 0 saturated heterocycles. The Kier molecular flexibility index (Phi) is 6.72. The topological polar surface area (TPSA) is 101 Å². The second-order valence-corrected chi connectivity index (χ2v) is 8.78. The third kappa shape index (κ3) is 4.52. The standard InChI is InChI=1S/C22H29N3O3S/c1-4-8-16(19(26)20-24-17-10-5-6-11-18(17)28-20)22(21(23)27,25-14(2)3)13-15-9-7-12-29-15/h5-7,9-12,14,16,19,25-26H,4,8,13H2,1-3H3,(H2,23,27)/t16-,19?,22?/m1/s1. The number of nitrogens with one attached hydrogen (secondary N) is 1. The Bertz CT molecular complexity index is 905. The summed E-state index contributed by atoms with van der Waals surface area (Å²) < 4.78 is 5.83. The number of hydrogen-bond donors (Lipinski definition) is 3. The average Bonchev–Trinajstić information content (AvgIpc) is 3.33. The van der Waals surface area contributed by atoms with Crippen molar-refractivity contribution in [3.8, 4) is 0 Å². The van der Waals surface area contributed by atoms with Crippen LogP contribution in [0.25, 0.3) is 11.1 Å². The van der Waals surface area contributed by atoms with Crippen LogP contribution in [0.2, 0.25) is 0 Å². The lowest BCUT2D eigenvalue weighted by Crippen LogP contribution is -2.64. The van der Waals surface area contributed by atoms with Gasteiger partial charge in [0, 0.05) is 23.3 Å². The molecule has 1 amide bonds. The number of oxazole rings is 1. The van der Waals surface area contributed by atoms with Crippen molar-refractivity contribution in [3.63, 3.8) is 0 Å². The predicted molar refractivity (Wildman–Crippen MR) is 116 cm³/mol. The number of nitrogens with zero attached hydrogens (tertiary/aromatic N) is 1. The Morgan fingerprint density at radius 2 is 2.07 bits per heavy atom. The molecule has 1 aromatic carbocycles. The zero-order valence-electron chi connectivity index (χ0n) is 17.1. The Labute approximate surface area is 175 Å². The van der Waals surface area contributed by atoms with Gasteiger partial charge in [0.25, 0.3) is 0 Å². The van der Waals surface area contributed by atoms with Gasteiger partial charge in [-0.15, -0.1) is 11.3 Å². The van der Waals surface area contributed by atoms with Crippen LogP contribution in [-0.4, -0.2) is 27.6 Å². The molecule has 6 nitrogen and oxygen atoms in total. The molecule has 0 aliphatic carbocycles. The molecule has 0 bridgehead atoms. The van der Waals surface area contributed by atoms with Crippen molar-refractivity contribution in [2.24, 2.45) is 11.7 Å². The highest BCUT2D eigenvalue weighted by atomic mass is 32.1. The molecule has 0 radical (unpaired) electrons. The van der Waals surface area contributed by atoms with Gasteiger partial charge in [-0.3, -0.25) is 4.79 Å². The number of benzene rings is 1. The van der Waals surface area contributed by atoms with E-state index in [2.05, 4.69) is 10.3 Å². The van der Waals surface area contributed by atoms with Crippen LogP contribution in [0.1, 0.15) is 50.5 Å². The van der Waals surface area contributed by atoms with Crippen molar-refractivity contribution >= 4 is 28.3 Å². The maximum atomic E-state index is 12.9. The highest BCUT2D eigenvalue weighted by molar-refractivity contribution is 7.09. The third-order valence-corrected chi connectivity index (χ3v) is 6.07. The molecule has 2 heterocycles. The van der Waals surface area contributed by atoms with Crippen molar-refractivity contribution < 1.29 is 14.3 Å². The number of fused-ring (bicyclic) bond motifs is 1. The highest BCUT2D eigenvalue weighted by Gasteiger charge is 2.49. The van der Waals surface area contributed by atoms with Crippen molar-refractivity contribution in [3.05, 3.63) is 52.5 Å². The molecule has 2 aromatic heterocycles. The van der Waals surface area contributed by atoms with E-state index in [1.165, 1.54) is 0 Å². The first kappa shape index (κ1) is 21.5. The van der Waals surface area contributed by atoms with E-state index in [1.54, 1.807) is 11.3 Å². The Morgan fingerprint density at radius 1 is 1.31 bits per heavy atom. The molecule has 3 rings (SSSR count). The average molecular weight is 416 g/mol. The number of rotatable bonds is 10. The van der Waals surface area contributed by atoms with Gasteiger partial charge in [-0.25, -0.2) is 4.98 Å². The van der Waals surface area contributed by atoms with Crippen LogP contribution in [0.5, 0.6) is 0 Å². The summed E-state index contributed by atoms with van der Waals surface area (Å²) in [6.45, 7) is 5.97. The van der Waals surface area contributed by atoms with Gasteiger partial charge in [0.05, 0.1) is 0 Å². The molecule has 0 aliphatic rings. The maximum Gasteiger partial charge on any atom is 0.238 e. The number of thiophene rings is 1. The summed E-state index contributed by atoms with van der Waals surface area (Å²) in [6, 6.07) is 11.3. The summed E-state index contributed by atoms with van der Waals surface area (Å²) in [6.07, 6.45) is 0.705. The number of carbonyl (C=O) groups is 1. The Morgan fingerprint density at radius 3 is 2.66 bits per heavy atom. The fourth-order valence-electron chi connectivity index (χ4n) is 4.01. The smallest absolute Gasteiger partial charge is 0.238 e. The van der Waals surface area contributed by atoms with E-state index in [-0.39, 0.29) is 11.9 Å². The van der Waals surface area contributed by atoms with Crippen molar-refractivity contribution in [2.45, 2.75) is 57.7 Å². The maximum absolute atomic E-state index is 12.9. The number of amides is 1. The molecule has 4 N–H and O–H groups in total. The summed E-state index contributed by atoms with van der Waals surface area (Å²) in [5.41, 5.74) is 6.16. The minimum atomic E-state index is -1.13. The molecule has 0 saturated carbocycles. The molecule has 0 spiro atoms. The number of aromatic nitrogens is 1. The first-order valence-corrected chi connectivity index (χ1v) is 10.9. The van der Waals surface area contributed by atoms with Crippen molar-refractivity contribution in [1.82, 2.24) is 10.3 Å². The molecule has 3 atom stereocenters. The second-order valence-electron chi connectivity index (χ2n) is 7.75. The summed E-state index contributed by atoms with van der Waals surface area (Å²) in [7, 11) is 0. The lowest BCUT2D eigenvalue weighted by Gasteiger charge is -2.42. The van der Waals surface area contributed by atoms with Crippen LogP contribution in [0.4, 0.5) is 0 Å². The minimum absolute atomic E-state index is 0.00218. The summed E-state index contributed by atoms with van der Waals surface area (Å²) >= 11 is 1.57. The van der Waals surface area contributed by atoms with Crippen LogP contribution in [0.15, 0.2) is 46.2 Å². The fourth-order valence-corrected chi connectivity index (χ4v) is 4.81. The van der Waals surface area contributed by atoms with Gasteiger partial charge in [-0.05, 0) is 43.8 Å². The van der Waals surface area contributed by atoms with Crippen molar-refractivity contribution in [2.75, 3.05) is 0 Å². The number of primary amides is 1. The number of aliphatic hydroxyl groups is 1. The summed E-state index contributed by atoms with van der Waals surface area (Å²) in [5.74, 6) is -0.761. The lowest BCUT2D eigenvalue weighted by molar-refractivity contribution is -0.130. The fraction of sp³-hybridized carbons (Fsp3) is 0.455. The van der Waals surface area contributed by atoms with Crippen LogP contribution in [-0.2, 0) is 11.2 Å². The van der Waals surface area contributed by atoms with Crippen LogP contribution in [0, 0.1) is 5.92 Å². The van der Waals surface area contributed by atoms with E-state index in [0.29, 0.717) is 23.9 Å². The van der Waals surface area contributed by atoms with Gasteiger partial charge in [0.15, 0.2) is 5.58 Å². The molecule has 156 valence electrons. The number of carbonyl (C=O) groups excluding carboxylic acids is 1. The van der Waals surface area contributed by atoms with Crippen molar-refractivity contribution in [1.29, 1.82) is 0 Å². The van der Waals surface area contributed by atoms with E-state index in [9.17, 15) is 9.90 Å². The van der Waals surface area contributed by atoms with E-state index in [0.717, 1.165) is 11.3 Å².